The smallest absolute Gasteiger partial charge is 0.0714 e. The fourth-order valence-corrected chi connectivity index (χ4v) is 6.24. The average molecular weight is 518 g/mol. The van der Waals surface area contributed by atoms with Crippen LogP contribution in [0.2, 0.25) is 0 Å². The Morgan fingerprint density at radius 1 is 0.657 bits per heavy atom. The molecule has 1 unspecified atom stereocenters. The van der Waals surface area contributed by atoms with Crippen molar-refractivity contribution in [3.05, 3.63) is 135 Å². The first-order valence-corrected chi connectivity index (χ1v) is 12.9. The third-order valence-corrected chi connectivity index (χ3v) is 8.13. The van der Waals surface area contributed by atoms with E-state index in [4.69, 9.17) is 0 Å². The minimum Gasteiger partial charge on any atom is -0.378 e. The van der Waals surface area contributed by atoms with Crippen LogP contribution in [0.5, 0.6) is 0 Å². The Morgan fingerprint density at radius 2 is 1.29 bits per heavy atom. The molecule has 0 saturated heterocycles. The summed E-state index contributed by atoms with van der Waals surface area (Å²) < 4.78 is 1.09. The molecule has 0 fully saturated rings. The molecule has 0 radical (unpaired) electrons. The first kappa shape index (κ1) is 22.1. The number of rotatable bonds is 3. The standard InChI is InChI=1S/C33H28BrN/c1-21-9-18-29-30(19-21)33(23-10-14-25(34)15-11-23,24-12-16-26(17-13-24)35(3)4)31-20-22(2)27-7-5-6-8-28(27)32(29)31/h5-20H,1-4H3. The van der Waals surface area contributed by atoms with Crippen molar-refractivity contribution in [1.82, 2.24) is 0 Å². The van der Waals surface area contributed by atoms with E-state index in [1.807, 2.05) is 0 Å². The number of benzene rings is 5. The molecule has 0 bridgehead atoms. The van der Waals surface area contributed by atoms with Gasteiger partial charge in [0.2, 0.25) is 0 Å². The van der Waals surface area contributed by atoms with Gasteiger partial charge in [-0.1, -0.05) is 94.3 Å². The molecule has 0 N–H and O–H groups in total. The molecule has 0 aliphatic heterocycles. The van der Waals surface area contributed by atoms with Gasteiger partial charge in [-0.2, -0.15) is 0 Å². The van der Waals surface area contributed by atoms with Gasteiger partial charge >= 0.3 is 0 Å². The minimum atomic E-state index is -0.392. The van der Waals surface area contributed by atoms with Crippen LogP contribution >= 0.6 is 15.9 Å². The maximum Gasteiger partial charge on any atom is 0.0714 e. The summed E-state index contributed by atoms with van der Waals surface area (Å²) in [6.45, 7) is 4.45. The van der Waals surface area contributed by atoms with Crippen molar-refractivity contribution in [1.29, 1.82) is 0 Å². The summed E-state index contributed by atoms with van der Waals surface area (Å²) in [4.78, 5) is 2.16. The average Bonchev–Trinajstić information content (AvgIpc) is 3.15. The van der Waals surface area contributed by atoms with Crippen molar-refractivity contribution in [3.8, 4) is 11.1 Å². The molecule has 0 amide bonds. The maximum atomic E-state index is 3.67. The van der Waals surface area contributed by atoms with Crippen molar-refractivity contribution in [2.24, 2.45) is 0 Å². The number of nitrogens with zero attached hydrogens (tertiary/aromatic N) is 1. The van der Waals surface area contributed by atoms with Gasteiger partial charge in [-0.05, 0) is 87.8 Å². The number of halogens is 1. The largest absolute Gasteiger partial charge is 0.378 e. The number of aryl methyl sites for hydroxylation is 2. The quantitative estimate of drug-likeness (QED) is 0.227. The summed E-state index contributed by atoms with van der Waals surface area (Å²) >= 11 is 3.67. The van der Waals surface area contributed by atoms with Gasteiger partial charge in [0.1, 0.15) is 0 Å². The molecule has 1 atom stereocenters. The summed E-state index contributed by atoms with van der Waals surface area (Å²) in [5, 5.41) is 2.66. The molecule has 1 aliphatic rings. The summed E-state index contributed by atoms with van der Waals surface area (Å²) in [6, 6.07) is 36.4. The van der Waals surface area contributed by atoms with E-state index in [2.05, 4.69) is 146 Å². The van der Waals surface area contributed by atoms with Crippen LogP contribution in [0.3, 0.4) is 0 Å². The number of hydrogen-bond acceptors (Lipinski definition) is 1. The molecule has 0 saturated carbocycles. The number of hydrogen-bond donors (Lipinski definition) is 0. The topological polar surface area (TPSA) is 3.24 Å². The Bertz CT molecular complexity index is 1580. The van der Waals surface area contributed by atoms with Gasteiger partial charge in [-0.25, -0.2) is 0 Å². The Hall–Kier alpha value is -3.36. The molecule has 5 aromatic rings. The van der Waals surface area contributed by atoms with Crippen LogP contribution in [0, 0.1) is 13.8 Å². The van der Waals surface area contributed by atoms with Gasteiger partial charge in [0.15, 0.2) is 0 Å². The number of anilines is 1. The van der Waals surface area contributed by atoms with Crippen molar-refractivity contribution >= 4 is 32.4 Å². The molecule has 1 nitrogen and oxygen atoms in total. The summed E-state index contributed by atoms with van der Waals surface area (Å²) in [6.07, 6.45) is 0. The van der Waals surface area contributed by atoms with E-state index >= 15 is 0 Å². The highest BCUT2D eigenvalue weighted by Crippen LogP contribution is 2.58. The van der Waals surface area contributed by atoms with E-state index in [-0.39, 0.29) is 0 Å². The van der Waals surface area contributed by atoms with E-state index in [9.17, 15) is 0 Å². The molecular formula is C33H28BrN. The SMILES string of the molecule is Cc1ccc2c(c1)C(c1ccc(Br)cc1)(c1ccc(N(C)C)cc1)c1cc(C)c3ccccc3c1-2. The van der Waals surface area contributed by atoms with Crippen molar-refractivity contribution in [3.63, 3.8) is 0 Å². The summed E-state index contributed by atoms with van der Waals surface area (Å²) in [7, 11) is 4.19. The van der Waals surface area contributed by atoms with E-state index in [0.717, 1.165) is 4.47 Å². The lowest BCUT2D eigenvalue weighted by Crippen LogP contribution is -2.29. The Morgan fingerprint density at radius 3 is 1.94 bits per heavy atom. The van der Waals surface area contributed by atoms with Crippen LogP contribution in [-0.4, -0.2) is 14.1 Å². The second-order valence-corrected chi connectivity index (χ2v) is 10.8. The first-order valence-electron chi connectivity index (χ1n) is 12.1. The Labute approximate surface area is 216 Å². The summed E-state index contributed by atoms with van der Waals surface area (Å²) in [5.41, 5.74) is 11.4. The highest BCUT2D eigenvalue weighted by molar-refractivity contribution is 9.10. The molecule has 0 spiro atoms. The van der Waals surface area contributed by atoms with E-state index in [0.29, 0.717) is 0 Å². The van der Waals surface area contributed by atoms with Crippen molar-refractivity contribution in [2.75, 3.05) is 19.0 Å². The minimum absolute atomic E-state index is 0.392. The molecule has 1 aliphatic carbocycles. The Kier molecular flexibility index (Phi) is 5.12. The zero-order chi connectivity index (χ0) is 24.3. The van der Waals surface area contributed by atoms with Crippen molar-refractivity contribution < 1.29 is 0 Å². The van der Waals surface area contributed by atoms with Crippen LogP contribution in [0.25, 0.3) is 21.9 Å². The molecule has 0 heterocycles. The monoisotopic (exact) mass is 517 g/mol. The van der Waals surface area contributed by atoms with Crippen LogP contribution in [0.4, 0.5) is 5.69 Å². The van der Waals surface area contributed by atoms with Gasteiger partial charge in [0.25, 0.3) is 0 Å². The van der Waals surface area contributed by atoms with Gasteiger partial charge in [-0.3, -0.25) is 0 Å². The predicted octanol–water partition coefficient (Wildman–Crippen LogP) is 8.65. The third kappa shape index (κ3) is 3.20. The normalized spacial score (nSPS) is 16.3. The lowest BCUT2D eigenvalue weighted by molar-refractivity contribution is 0.767. The van der Waals surface area contributed by atoms with Gasteiger partial charge in [0, 0.05) is 24.3 Å². The highest BCUT2D eigenvalue weighted by Gasteiger charge is 2.47. The van der Waals surface area contributed by atoms with E-state index in [1.165, 1.54) is 61.0 Å². The lowest BCUT2D eigenvalue weighted by atomic mass is 9.67. The van der Waals surface area contributed by atoms with E-state index in [1.54, 1.807) is 0 Å². The number of fused-ring (bicyclic) bond motifs is 5. The molecule has 0 aromatic heterocycles. The molecular weight excluding hydrogens is 490 g/mol. The molecule has 35 heavy (non-hydrogen) atoms. The van der Waals surface area contributed by atoms with Crippen molar-refractivity contribution in [2.45, 2.75) is 19.3 Å². The zero-order valence-corrected chi connectivity index (χ0v) is 22.1. The zero-order valence-electron chi connectivity index (χ0n) is 20.6. The second kappa shape index (κ2) is 8.10. The van der Waals surface area contributed by atoms with Crippen LogP contribution < -0.4 is 4.90 Å². The first-order chi connectivity index (χ1) is 16.9. The molecule has 6 rings (SSSR count). The molecule has 5 aromatic carbocycles. The van der Waals surface area contributed by atoms with Crippen LogP contribution in [0.15, 0.2) is 102 Å². The fraction of sp³-hybridized carbons (Fsp3) is 0.152. The van der Waals surface area contributed by atoms with Gasteiger partial charge in [-0.15, -0.1) is 0 Å². The van der Waals surface area contributed by atoms with Gasteiger partial charge < -0.3 is 4.90 Å². The van der Waals surface area contributed by atoms with Crippen LogP contribution in [0.1, 0.15) is 33.4 Å². The third-order valence-electron chi connectivity index (χ3n) is 7.60. The van der Waals surface area contributed by atoms with Crippen LogP contribution in [-0.2, 0) is 5.41 Å². The maximum absolute atomic E-state index is 3.67. The molecule has 2 heteroatoms. The van der Waals surface area contributed by atoms with Gasteiger partial charge in [0.05, 0.1) is 5.41 Å². The highest BCUT2D eigenvalue weighted by atomic mass is 79.9. The fourth-order valence-electron chi connectivity index (χ4n) is 5.97. The summed E-state index contributed by atoms with van der Waals surface area (Å²) in [5.74, 6) is 0. The van der Waals surface area contributed by atoms with E-state index < -0.39 is 5.41 Å². The Balaban J connectivity index is 1.81. The predicted molar refractivity (Wildman–Crippen MR) is 153 cm³/mol. The lowest BCUT2D eigenvalue weighted by Gasteiger charge is -2.34. The molecule has 172 valence electrons. The second-order valence-electron chi connectivity index (χ2n) is 9.91.